The third kappa shape index (κ3) is 5.36. The second-order valence-electron chi connectivity index (χ2n) is 7.75. The fraction of sp³-hybridized carbons (Fsp3) is 0.375. The van der Waals surface area contributed by atoms with Crippen LogP contribution in [-0.2, 0) is 14.8 Å². The van der Waals surface area contributed by atoms with Crippen LogP contribution < -0.4 is 4.74 Å². The molecule has 0 radical (unpaired) electrons. The zero-order valence-electron chi connectivity index (χ0n) is 18.3. The summed E-state index contributed by atoms with van der Waals surface area (Å²) in [4.78, 5) is 12.2. The zero-order chi connectivity index (χ0) is 23.3. The number of benzene rings is 2. The Morgan fingerprint density at radius 3 is 2.44 bits per heavy atom. The van der Waals surface area contributed by atoms with Crippen LogP contribution >= 0.6 is 11.8 Å². The van der Waals surface area contributed by atoms with Crippen molar-refractivity contribution in [2.24, 2.45) is 5.92 Å². The molecule has 3 rings (SSSR count). The van der Waals surface area contributed by atoms with Crippen LogP contribution in [0.2, 0.25) is 0 Å². The second-order valence-corrected chi connectivity index (χ2v) is 10.9. The number of sulfonamides is 1. The molecule has 0 bridgehead atoms. The smallest absolute Gasteiger partial charge is 0.308 e. The number of ether oxygens (including phenoxy) is 1. The predicted molar refractivity (Wildman–Crippen MR) is 128 cm³/mol. The molecule has 0 amide bonds. The minimum absolute atomic E-state index is 0.0851. The van der Waals surface area contributed by atoms with E-state index < -0.39 is 28.0 Å². The molecular formula is C24H29NO5S2. The van der Waals surface area contributed by atoms with E-state index in [-0.39, 0.29) is 16.7 Å². The lowest BCUT2D eigenvalue weighted by Gasteiger charge is -2.41. The van der Waals surface area contributed by atoms with Crippen LogP contribution in [0.1, 0.15) is 30.5 Å². The van der Waals surface area contributed by atoms with Gasteiger partial charge in [0, 0.05) is 17.5 Å². The van der Waals surface area contributed by atoms with Gasteiger partial charge in [0.2, 0.25) is 10.0 Å². The number of nitrogens with zero attached hydrogens (tertiary/aromatic N) is 1. The van der Waals surface area contributed by atoms with Gasteiger partial charge in [0.25, 0.3) is 0 Å². The summed E-state index contributed by atoms with van der Waals surface area (Å²) in [6.45, 7) is 7.98. The molecule has 1 saturated heterocycles. The number of hydrogen-bond donors (Lipinski definition) is 1. The lowest BCUT2D eigenvalue weighted by molar-refractivity contribution is -0.143. The number of hydrogen-bond acceptors (Lipinski definition) is 5. The Bertz CT molecular complexity index is 1040. The molecule has 1 aliphatic rings. The predicted octanol–water partition coefficient (Wildman–Crippen LogP) is 4.52. The van der Waals surface area contributed by atoms with Crippen molar-refractivity contribution in [3.8, 4) is 5.75 Å². The Kier molecular flexibility index (Phi) is 8.03. The summed E-state index contributed by atoms with van der Waals surface area (Å²) >= 11 is 1.51. The molecule has 2 aromatic rings. The molecule has 8 heteroatoms. The van der Waals surface area contributed by atoms with Gasteiger partial charge in [-0.15, -0.1) is 6.58 Å². The van der Waals surface area contributed by atoms with Gasteiger partial charge in [0.05, 0.1) is 23.5 Å². The number of rotatable bonds is 9. The first-order chi connectivity index (χ1) is 15.3. The summed E-state index contributed by atoms with van der Waals surface area (Å²) in [5.74, 6) is -0.476. The van der Waals surface area contributed by atoms with Crippen LogP contribution in [0.3, 0.4) is 0 Å². The maximum absolute atomic E-state index is 13.6. The number of carboxylic acids is 1. The molecule has 172 valence electrons. The normalized spacial score (nSPS) is 21.8. The maximum Gasteiger partial charge on any atom is 0.308 e. The molecule has 32 heavy (non-hydrogen) atoms. The highest BCUT2D eigenvalue weighted by Gasteiger charge is 2.45. The standard InChI is InChI=1S/C24H29NO5S2/c1-4-14-31-23-15-22(18-8-10-19(11-9-18)30-5-2)25(16-21(23)24(26)27)32(28,29)20-12-6-17(3)7-13-20/h4,6-13,21-23H,1,5,14-16H2,2-3H3,(H,26,27)/t21-,22+,23-/m1/s1. The summed E-state index contributed by atoms with van der Waals surface area (Å²) in [7, 11) is -3.90. The Morgan fingerprint density at radius 1 is 1.22 bits per heavy atom. The van der Waals surface area contributed by atoms with Gasteiger partial charge in [0.15, 0.2) is 0 Å². The average Bonchev–Trinajstić information content (AvgIpc) is 2.78. The molecule has 2 aromatic carbocycles. The highest BCUT2D eigenvalue weighted by molar-refractivity contribution is 8.00. The van der Waals surface area contributed by atoms with Crippen LogP contribution in [0.15, 0.2) is 66.1 Å². The van der Waals surface area contributed by atoms with Crippen molar-refractivity contribution in [3.05, 3.63) is 72.3 Å². The summed E-state index contributed by atoms with van der Waals surface area (Å²) in [5.41, 5.74) is 1.77. The Balaban J connectivity index is 2.03. The van der Waals surface area contributed by atoms with Gasteiger partial charge in [-0.2, -0.15) is 16.1 Å². The second kappa shape index (κ2) is 10.6. The van der Waals surface area contributed by atoms with Crippen LogP contribution in [0.5, 0.6) is 5.75 Å². The van der Waals surface area contributed by atoms with Gasteiger partial charge >= 0.3 is 5.97 Å². The van der Waals surface area contributed by atoms with E-state index in [1.54, 1.807) is 30.3 Å². The molecule has 0 spiro atoms. The van der Waals surface area contributed by atoms with Crippen molar-refractivity contribution >= 4 is 27.8 Å². The molecule has 1 N–H and O–H groups in total. The topological polar surface area (TPSA) is 83.9 Å². The monoisotopic (exact) mass is 475 g/mol. The molecule has 1 fully saturated rings. The van der Waals surface area contributed by atoms with Crippen LogP contribution in [0, 0.1) is 12.8 Å². The van der Waals surface area contributed by atoms with E-state index in [4.69, 9.17) is 4.74 Å². The summed E-state index contributed by atoms with van der Waals surface area (Å²) < 4.78 is 34.1. The first-order valence-electron chi connectivity index (χ1n) is 10.5. The van der Waals surface area contributed by atoms with E-state index in [9.17, 15) is 18.3 Å². The Morgan fingerprint density at radius 2 is 1.88 bits per heavy atom. The van der Waals surface area contributed by atoms with E-state index in [0.717, 1.165) is 11.1 Å². The Labute approximate surface area is 194 Å². The lowest BCUT2D eigenvalue weighted by atomic mass is 9.90. The molecule has 0 aliphatic carbocycles. The van der Waals surface area contributed by atoms with Crippen LogP contribution in [0.4, 0.5) is 0 Å². The molecule has 1 heterocycles. The zero-order valence-corrected chi connectivity index (χ0v) is 19.9. The van der Waals surface area contributed by atoms with E-state index in [1.165, 1.54) is 16.1 Å². The Hall–Kier alpha value is -2.29. The largest absolute Gasteiger partial charge is 0.494 e. The molecule has 0 aromatic heterocycles. The fourth-order valence-electron chi connectivity index (χ4n) is 3.92. The van der Waals surface area contributed by atoms with Gasteiger partial charge in [-0.25, -0.2) is 8.42 Å². The summed E-state index contributed by atoms with van der Waals surface area (Å²) in [5, 5.41) is 9.64. The van der Waals surface area contributed by atoms with Gasteiger partial charge in [-0.05, 0) is 50.1 Å². The number of carboxylic acid groups (broad SMARTS) is 1. The van der Waals surface area contributed by atoms with Crippen molar-refractivity contribution in [2.75, 3.05) is 18.9 Å². The van der Waals surface area contributed by atoms with Crippen LogP contribution in [-0.4, -0.2) is 48.0 Å². The van der Waals surface area contributed by atoms with Crippen molar-refractivity contribution in [1.82, 2.24) is 4.31 Å². The highest BCUT2D eigenvalue weighted by Crippen LogP contribution is 2.42. The third-order valence-electron chi connectivity index (χ3n) is 5.58. The minimum atomic E-state index is -3.90. The molecule has 6 nitrogen and oxygen atoms in total. The van der Waals surface area contributed by atoms with Gasteiger partial charge in [-0.1, -0.05) is 35.9 Å². The van der Waals surface area contributed by atoms with Crippen LogP contribution in [0.25, 0.3) is 0 Å². The maximum atomic E-state index is 13.6. The molecular weight excluding hydrogens is 446 g/mol. The SMILES string of the molecule is C=CCS[C@@H]1C[C@@H](c2ccc(OCC)cc2)N(S(=O)(=O)c2ccc(C)cc2)C[C@H]1C(=O)O. The van der Waals surface area contributed by atoms with Gasteiger partial charge in [-0.3, -0.25) is 4.79 Å². The summed E-state index contributed by atoms with van der Waals surface area (Å²) in [6, 6.07) is 13.6. The first-order valence-corrected chi connectivity index (χ1v) is 13.0. The number of carbonyl (C=O) groups is 1. The average molecular weight is 476 g/mol. The van der Waals surface area contributed by atoms with Gasteiger partial charge in [0.1, 0.15) is 5.75 Å². The van der Waals surface area contributed by atoms with Crippen molar-refractivity contribution in [3.63, 3.8) is 0 Å². The first kappa shape index (κ1) is 24.4. The molecule has 3 atom stereocenters. The highest BCUT2D eigenvalue weighted by atomic mass is 32.2. The van der Waals surface area contributed by atoms with E-state index in [2.05, 4.69) is 6.58 Å². The third-order valence-corrected chi connectivity index (χ3v) is 8.84. The quantitative estimate of drug-likeness (QED) is 0.537. The fourth-order valence-corrected chi connectivity index (χ4v) is 6.71. The van der Waals surface area contributed by atoms with Gasteiger partial charge < -0.3 is 9.84 Å². The van der Waals surface area contributed by atoms with E-state index in [1.807, 2.05) is 38.1 Å². The van der Waals surface area contributed by atoms with Crippen molar-refractivity contribution in [2.45, 2.75) is 36.5 Å². The van der Waals surface area contributed by atoms with Crippen molar-refractivity contribution in [1.29, 1.82) is 0 Å². The lowest BCUT2D eigenvalue weighted by Crippen LogP contribution is -2.49. The summed E-state index contributed by atoms with van der Waals surface area (Å²) in [6.07, 6.45) is 2.14. The number of aliphatic carboxylic acids is 1. The van der Waals surface area contributed by atoms with Crippen molar-refractivity contribution < 1.29 is 23.1 Å². The minimum Gasteiger partial charge on any atom is -0.494 e. The molecule has 0 unspecified atom stereocenters. The number of piperidine rings is 1. The molecule has 0 saturated carbocycles. The van der Waals surface area contributed by atoms with E-state index >= 15 is 0 Å². The number of aryl methyl sites for hydroxylation is 1. The number of thioether (sulfide) groups is 1. The molecule has 1 aliphatic heterocycles. The van der Waals surface area contributed by atoms with E-state index in [0.29, 0.717) is 24.5 Å².